The fourth-order valence-corrected chi connectivity index (χ4v) is 2.53. The summed E-state index contributed by atoms with van der Waals surface area (Å²) in [5.74, 6) is -0.0666. The average molecular weight is 274 g/mol. The van der Waals surface area contributed by atoms with Crippen LogP contribution in [0.25, 0.3) is 0 Å². The molecule has 0 bridgehead atoms. The van der Waals surface area contributed by atoms with Gasteiger partial charge in [0.1, 0.15) is 11.6 Å². The van der Waals surface area contributed by atoms with Crippen molar-refractivity contribution in [3.63, 3.8) is 0 Å². The van der Waals surface area contributed by atoms with Gasteiger partial charge in [0.25, 0.3) is 0 Å². The standard InChI is InChI=1S/C17H19FO2/c1-11-7-12(2)9-13(8-11)10-15(19)17-14(18)5-4-6-16(17)20-3/h4-9,15,19H,10H2,1-3H3. The Kier molecular flexibility index (Phi) is 4.40. The van der Waals surface area contributed by atoms with Gasteiger partial charge in [-0.1, -0.05) is 35.4 Å². The molecule has 0 fully saturated rings. The normalized spacial score (nSPS) is 12.2. The number of methoxy groups -OCH3 is 1. The van der Waals surface area contributed by atoms with Crippen molar-refractivity contribution >= 4 is 0 Å². The lowest BCUT2D eigenvalue weighted by atomic mass is 9.97. The molecule has 1 N–H and O–H groups in total. The summed E-state index contributed by atoms with van der Waals surface area (Å²) in [4.78, 5) is 0. The molecule has 2 aromatic rings. The number of ether oxygens (including phenoxy) is 1. The van der Waals surface area contributed by atoms with Gasteiger partial charge in [0.05, 0.1) is 18.8 Å². The van der Waals surface area contributed by atoms with Crippen LogP contribution in [0.3, 0.4) is 0 Å². The smallest absolute Gasteiger partial charge is 0.132 e. The van der Waals surface area contributed by atoms with E-state index in [2.05, 4.69) is 6.07 Å². The third-order valence-electron chi connectivity index (χ3n) is 3.28. The van der Waals surface area contributed by atoms with E-state index in [4.69, 9.17) is 4.74 Å². The lowest BCUT2D eigenvalue weighted by Crippen LogP contribution is -2.07. The molecule has 2 rings (SSSR count). The molecular weight excluding hydrogens is 255 g/mol. The molecule has 0 saturated heterocycles. The first-order valence-corrected chi connectivity index (χ1v) is 6.59. The largest absolute Gasteiger partial charge is 0.496 e. The number of hydrogen-bond acceptors (Lipinski definition) is 2. The first-order chi connectivity index (χ1) is 9.51. The lowest BCUT2D eigenvalue weighted by Gasteiger charge is -2.16. The van der Waals surface area contributed by atoms with Gasteiger partial charge in [0.15, 0.2) is 0 Å². The van der Waals surface area contributed by atoms with Gasteiger partial charge < -0.3 is 9.84 Å². The fourth-order valence-electron chi connectivity index (χ4n) is 2.53. The molecule has 0 aliphatic carbocycles. The first kappa shape index (κ1) is 14.5. The van der Waals surface area contributed by atoms with Crippen molar-refractivity contribution < 1.29 is 14.2 Å². The molecule has 2 nitrogen and oxygen atoms in total. The molecule has 0 spiro atoms. The second kappa shape index (κ2) is 6.06. The highest BCUT2D eigenvalue weighted by atomic mass is 19.1. The molecule has 0 heterocycles. The van der Waals surface area contributed by atoms with E-state index in [1.54, 1.807) is 12.1 Å². The van der Waals surface area contributed by atoms with Crippen molar-refractivity contribution in [2.75, 3.05) is 7.11 Å². The Morgan fingerprint density at radius 3 is 2.40 bits per heavy atom. The Balaban J connectivity index is 2.30. The van der Waals surface area contributed by atoms with Crippen LogP contribution >= 0.6 is 0 Å². The number of aryl methyl sites for hydroxylation is 2. The number of aliphatic hydroxyl groups excluding tert-OH is 1. The highest BCUT2D eigenvalue weighted by Crippen LogP contribution is 2.30. The zero-order valence-electron chi connectivity index (χ0n) is 12.0. The van der Waals surface area contributed by atoms with Crippen molar-refractivity contribution in [3.05, 3.63) is 64.5 Å². The maximum Gasteiger partial charge on any atom is 0.132 e. The monoisotopic (exact) mass is 274 g/mol. The summed E-state index contributed by atoms with van der Waals surface area (Å²) < 4.78 is 19.0. The van der Waals surface area contributed by atoms with Crippen LogP contribution in [0.4, 0.5) is 4.39 Å². The van der Waals surface area contributed by atoms with Crippen molar-refractivity contribution in [3.8, 4) is 5.75 Å². The summed E-state index contributed by atoms with van der Waals surface area (Å²) in [6.45, 7) is 4.01. The topological polar surface area (TPSA) is 29.5 Å². The Bertz CT molecular complexity index is 588. The van der Waals surface area contributed by atoms with E-state index in [9.17, 15) is 9.50 Å². The third-order valence-corrected chi connectivity index (χ3v) is 3.28. The van der Waals surface area contributed by atoms with Gasteiger partial charge in [-0.15, -0.1) is 0 Å². The quantitative estimate of drug-likeness (QED) is 0.920. The minimum atomic E-state index is -0.924. The first-order valence-electron chi connectivity index (χ1n) is 6.59. The van der Waals surface area contributed by atoms with E-state index >= 15 is 0 Å². The van der Waals surface area contributed by atoms with Crippen LogP contribution in [-0.2, 0) is 6.42 Å². The third kappa shape index (κ3) is 3.17. The molecule has 0 aromatic heterocycles. The molecule has 3 heteroatoms. The minimum absolute atomic E-state index is 0.217. The number of aliphatic hydroxyl groups is 1. The Morgan fingerprint density at radius 1 is 1.15 bits per heavy atom. The van der Waals surface area contributed by atoms with Gasteiger partial charge in [-0.3, -0.25) is 0 Å². The van der Waals surface area contributed by atoms with Gasteiger partial charge in [0.2, 0.25) is 0 Å². The van der Waals surface area contributed by atoms with Crippen molar-refractivity contribution in [1.29, 1.82) is 0 Å². The molecular formula is C17H19FO2. The van der Waals surface area contributed by atoms with Crippen molar-refractivity contribution in [2.24, 2.45) is 0 Å². The summed E-state index contributed by atoms with van der Waals surface area (Å²) >= 11 is 0. The van der Waals surface area contributed by atoms with Gasteiger partial charge in [-0.2, -0.15) is 0 Å². The van der Waals surface area contributed by atoms with Crippen LogP contribution in [0.2, 0.25) is 0 Å². The van der Waals surface area contributed by atoms with Crippen LogP contribution < -0.4 is 4.74 Å². The molecule has 0 amide bonds. The Morgan fingerprint density at radius 2 is 1.80 bits per heavy atom. The number of benzene rings is 2. The molecule has 0 saturated carbocycles. The zero-order chi connectivity index (χ0) is 14.7. The summed E-state index contributed by atoms with van der Waals surface area (Å²) in [5.41, 5.74) is 3.47. The summed E-state index contributed by atoms with van der Waals surface area (Å²) in [5, 5.41) is 10.3. The van der Waals surface area contributed by atoms with E-state index in [1.807, 2.05) is 26.0 Å². The number of halogens is 1. The second-order valence-electron chi connectivity index (χ2n) is 5.07. The fraction of sp³-hybridized carbons (Fsp3) is 0.294. The maximum absolute atomic E-state index is 13.9. The molecule has 0 radical (unpaired) electrons. The molecule has 1 unspecified atom stereocenters. The Labute approximate surface area is 118 Å². The van der Waals surface area contributed by atoms with Gasteiger partial charge in [-0.05, 0) is 31.5 Å². The van der Waals surface area contributed by atoms with Crippen molar-refractivity contribution in [2.45, 2.75) is 26.4 Å². The van der Waals surface area contributed by atoms with Crippen molar-refractivity contribution in [1.82, 2.24) is 0 Å². The van der Waals surface area contributed by atoms with Gasteiger partial charge >= 0.3 is 0 Å². The maximum atomic E-state index is 13.9. The van der Waals surface area contributed by atoms with E-state index in [0.717, 1.165) is 16.7 Å². The number of rotatable bonds is 4. The molecule has 2 aromatic carbocycles. The van der Waals surface area contributed by atoms with E-state index < -0.39 is 11.9 Å². The van der Waals surface area contributed by atoms with E-state index in [1.165, 1.54) is 13.2 Å². The van der Waals surface area contributed by atoms with Gasteiger partial charge in [-0.25, -0.2) is 4.39 Å². The summed E-state index contributed by atoms with van der Waals surface area (Å²) in [6, 6.07) is 10.6. The summed E-state index contributed by atoms with van der Waals surface area (Å²) in [7, 11) is 1.47. The molecule has 0 aliphatic rings. The SMILES string of the molecule is COc1cccc(F)c1C(O)Cc1cc(C)cc(C)c1. The van der Waals surface area contributed by atoms with E-state index in [-0.39, 0.29) is 5.56 Å². The van der Waals surface area contributed by atoms with Crippen LogP contribution in [0.1, 0.15) is 28.4 Å². The second-order valence-corrected chi connectivity index (χ2v) is 5.07. The number of hydrogen-bond donors (Lipinski definition) is 1. The Hall–Kier alpha value is -1.87. The predicted molar refractivity (Wildman–Crippen MR) is 77.5 cm³/mol. The predicted octanol–water partition coefficient (Wildman–Crippen LogP) is 3.73. The minimum Gasteiger partial charge on any atom is -0.496 e. The molecule has 1 atom stereocenters. The lowest BCUT2D eigenvalue weighted by molar-refractivity contribution is 0.169. The van der Waals surface area contributed by atoms with Crippen LogP contribution in [0, 0.1) is 19.7 Å². The van der Waals surface area contributed by atoms with Gasteiger partial charge in [0, 0.05) is 6.42 Å². The molecule has 106 valence electrons. The van der Waals surface area contributed by atoms with Crippen LogP contribution in [0.15, 0.2) is 36.4 Å². The van der Waals surface area contributed by atoms with E-state index in [0.29, 0.717) is 12.2 Å². The highest BCUT2D eigenvalue weighted by molar-refractivity contribution is 5.38. The average Bonchev–Trinajstić information content (AvgIpc) is 2.36. The molecule has 20 heavy (non-hydrogen) atoms. The summed E-state index contributed by atoms with van der Waals surface area (Å²) in [6.07, 6.45) is -0.563. The van der Waals surface area contributed by atoms with Crippen LogP contribution in [0.5, 0.6) is 5.75 Å². The van der Waals surface area contributed by atoms with Crippen LogP contribution in [-0.4, -0.2) is 12.2 Å². The molecule has 0 aliphatic heterocycles. The highest BCUT2D eigenvalue weighted by Gasteiger charge is 2.18. The zero-order valence-corrected chi connectivity index (χ0v) is 12.0.